The van der Waals surface area contributed by atoms with Crippen LogP contribution >= 0.6 is 0 Å². The van der Waals surface area contributed by atoms with Gasteiger partial charge in [0.05, 0.1) is 37.1 Å². The Balaban J connectivity index is 1.87. The standard InChI is InChI=1S/C19H26O9S3/c1-29(20,21)26-15-9-13-10-16(27-30(2,22)23)18-17(28-31(3,24)25)11-14(15)19(13,18)12-7-5-4-6-8-12/h4-8,13-18H,9-11H2,1-3H3/t13-,14-,15?,16?,17?,18-,19+/m0/s1. The van der Waals surface area contributed by atoms with Crippen molar-refractivity contribution in [2.75, 3.05) is 18.8 Å². The van der Waals surface area contributed by atoms with Crippen LogP contribution in [0.4, 0.5) is 0 Å². The molecule has 0 aliphatic heterocycles. The maximum absolute atomic E-state index is 12.0. The lowest BCUT2D eigenvalue weighted by Crippen LogP contribution is -2.42. The zero-order valence-corrected chi connectivity index (χ0v) is 19.8. The summed E-state index contributed by atoms with van der Waals surface area (Å²) in [5.41, 5.74) is 0.162. The predicted molar refractivity (Wildman–Crippen MR) is 112 cm³/mol. The third kappa shape index (κ3) is 4.30. The molecular formula is C19H26O9S3. The Hall–Kier alpha value is -1.05. The summed E-state index contributed by atoms with van der Waals surface area (Å²) in [5, 5.41) is 0. The normalized spacial score (nSPS) is 37.8. The second-order valence-electron chi connectivity index (χ2n) is 8.85. The van der Waals surface area contributed by atoms with Crippen LogP contribution in [0.15, 0.2) is 30.3 Å². The van der Waals surface area contributed by atoms with Gasteiger partial charge in [-0.2, -0.15) is 25.3 Å². The van der Waals surface area contributed by atoms with Gasteiger partial charge in [-0.05, 0) is 36.7 Å². The van der Waals surface area contributed by atoms with E-state index >= 15 is 0 Å². The van der Waals surface area contributed by atoms with Crippen LogP contribution in [0.2, 0.25) is 0 Å². The van der Waals surface area contributed by atoms with Gasteiger partial charge < -0.3 is 0 Å². The molecule has 174 valence electrons. The van der Waals surface area contributed by atoms with Crippen LogP contribution in [-0.2, 0) is 48.3 Å². The molecular weight excluding hydrogens is 468 g/mol. The first-order chi connectivity index (χ1) is 14.2. The maximum Gasteiger partial charge on any atom is 0.264 e. The molecule has 7 atom stereocenters. The van der Waals surface area contributed by atoms with E-state index < -0.39 is 60.0 Å². The predicted octanol–water partition coefficient (Wildman–Crippen LogP) is 1.02. The molecule has 12 heteroatoms. The maximum atomic E-state index is 12.0. The van der Waals surface area contributed by atoms with E-state index in [1.54, 1.807) is 0 Å². The molecule has 4 rings (SSSR count). The third-order valence-corrected chi connectivity index (χ3v) is 8.57. The van der Waals surface area contributed by atoms with E-state index in [0.717, 1.165) is 24.3 Å². The Kier molecular flexibility index (Phi) is 5.59. The van der Waals surface area contributed by atoms with Crippen LogP contribution in [0.3, 0.4) is 0 Å². The molecule has 3 aliphatic carbocycles. The molecule has 0 radical (unpaired) electrons. The van der Waals surface area contributed by atoms with E-state index in [9.17, 15) is 25.3 Å². The lowest BCUT2D eigenvalue weighted by molar-refractivity contribution is 0.0679. The van der Waals surface area contributed by atoms with Crippen molar-refractivity contribution in [1.29, 1.82) is 0 Å². The number of benzene rings is 1. The van der Waals surface area contributed by atoms with Crippen LogP contribution in [0.1, 0.15) is 24.8 Å². The van der Waals surface area contributed by atoms with Gasteiger partial charge in [-0.15, -0.1) is 0 Å². The molecule has 0 amide bonds. The smallest absolute Gasteiger partial charge is 0.264 e. The summed E-state index contributed by atoms with van der Waals surface area (Å²) < 4.78 is 88.2. The van der Waals surface area contributed by atoms with Gasteiger partial charge in [0.1, 0.15) is 0 Å². The van der Waals surface area contributed by atoms with Gasteiger partial charge in [0.15, 0.2) is 0 Å². The summed E-state index contributed by atoms with van der Waals surface area (Å²) in [4.78, 5) is 0. The molecule has 9 nitrogen and oxygen atoms in total. The first-order valence-corrected chi connectivity index (χ1v) is 15.4. The fourth-order valence-corrected chi connectivity index (χ4v) is 8.39. The van der Waals surface area contributed by atoms with Crippen LogP contribution in [0.25, 0.3) is 0 Å². The van der Waals surface area contributed by atoms with Gasteiger partial charge >= 0.3 is 0 Å². The molecule has 3 aliphatic rings. The van der Waals surface area contributed by atoms with Gasteiger partial charge in [0, 0.05) is 11.3 Å². The lowest BCUT2D eigenvalue weighted by Gasteiger charge is -2.37. The number of hydrogen-bond acceptors (Lipinski definition) is 9. The Labute approximate surface area is 183 Å². The summed E-state index contributed by atoms with van der Waals surface area (Å²) in [7, 11) is -11.4. The van der Waals surface area contributed by atoms with Crippen LogP contribution in [0, 0.1) is 17.8 Å². The van der Waals surface area contributed by atoms with Gasteiger partial charge in [0.25, 0.3) is 30.4 Å². The third-order valence-electron chi connectivity index (χ3n) is 6.78. The average Bonchev–Trinajstić information content (AvgIpc) is 3.16. The fourth-order valence-electron chi connectivity index (χ4n) is 6.43. The van der Waals surface area contributed by atoms with Crippen molar-refractivity contribution in [3.05, 3.63) is 35.9 Å². The summed E-state index contributed by atoms with van der Waals surface area (Å²) in [6, 6.07) is 9.36. The van der Waals surface area contributed by atoms with Crippen molar-refractivity contribution in [1.82, 2.24) is 0 Å². The van der Waals surface area contributed by atoms with Crippen molar-refractivity contribution < 1.29 is 37.8 Å². The molecule has 3 fully saturated rings. The Morgan fingerprint density at radius 1 is 0.710 bits per heavy atom. The molecule has 0 saturated heterocycles. The van der Waals surface area contributed by atoms with E-state index in [0.29, 0.717) is 12.8 Å². The second-order valence-corrected chi connectivity index (χ2v) is 13.7. The largest absolute Gasteiger partial charge is 0.267 e. The van der Waals surface area contributed by atoms with E-state index in [4.69, 9.17) is 12.5 Å². The molecule has 3 unspecified atom stereocenters. The monoisotopic (exact) mass is 494 g/mol. The van der Waals surface area contributed by atoms with Crippen LogP contribution < -0.4 is 0 Å². The highest BCUT2D eigenvalue weighted by molar-refractivity contribution is 7.86. The SMILES string of the molecule is CS(=O)(=O)OC1C[C@@H]2CC(OS(C)(=O)=O)[C@@H]3CC(OS(C)(=O)=O)[C@H]1[C@]23c1ccccc1. The zero-order valence-electron chi connectivity index (χ0n) is 17.4. The topological polar surface area (TPSA) is 130 Å². The zero-order chi connectivity index (χ0) is 22.8. The molecule has 0 bridgehead atoms. The molecule has 1 aromatic carbocycles. The Morgan fingerprint density at radius 2 is 1.16 bits per heavy atom. The van der Waals surface area contributed by atoms with E-state index in [2.05, 4.69) is 0 Å². The molecule has 1 aromatic rings. The minimum absolute atomic E-state index is 0.156. The molecule has 0 N–H and O–H groups in total. The summed E-state index contributed by atoms with van der Waals surface area (Å²) in [6.45, 7) is 0. The van der Waals surface area contributed by atoms with E-state index in [1.807, 2.05) is 30.3 Å². The van der Waals surface area contributed by atoms with Gasteiger partial charge in [-0.3, -0.25) is 12.5 Å². The van der Waals surface area contributed by atoms with Crippen LogP contribution in [-0.4, -0.2) is 62.3 Å². The fraction of sp³-hybridized carbons (Fsp3) is 0.684. The van der Waals surface area contributed by atoms with Crippen molar-refractivity contribution in [2.24, 2.45) is 17.8 Å². The van der Waals surface area contributed by atoms with Gasteiger partial charge in [-0.25, -0.2) is 0 Å². The second kappa shape index (κ2) is 7.49. The quantitative estimate of drug-likeness (QED) is 0.510. The summed E-state index contributed by atoms with van der Waals surface area (Å²) in [5.74, 6) is -1.13. The molecule has 0 spiro atoms. The van der Waals surface area contributed by atoms with E-state index in [-0.39, 0.29) is 18.3 Å². The number of rotatable bonds is 7. The molecule has 3 saturated carbocycles. The van der Waals surface area contributed by atoms with Crippen molar-refractivity contribution in [2.45, 2.75) is 43.0 Å². The summed E-state index contributed by atoms with van der Waals surface area (Å²) >= 11 is 0. The highest BCUT2D eigenvalue weighted by atomic mass is 32.2. The van der Waals surface area contributed by atoms with Crippen molar-refractivity contribution in [3.63, 3.8) is 0 Å². The first kappa shape index (κ1) is 23.1. The number of hydrogen-bond donors (Lipinski definition) is 0. The van der Waals surface area contributed by atoms with Gasteiger partial charge in [0.2, 0.25) is 0 Å². The lowest BCUT2D eigenvalue weighted by atomic mass is 9.67. The van der Waals surface area contributed by atoms with Gasteiger partial charge in [-0.1, -0.05) is 30.3 Å². The van der Waals surface area contributed by atoms with Crippen molar-refractivity contribution in [3.8, 4) is 0 Å². The minimum Gasteiger partial charge on any atom is -0.267 e. The molecule has 0 heterocycles. The summed E-state index contributed by atoms with van der Waals surface area (Å²) in [6.07, 6.45) is 1.54. The Morgan fingerprint density at radius 3 is 1.68 bits per heavy atom. The molecule has 31 heavy (non-hydrogen) atoms. The van der Waals surface area contributed by atoms with Crippen molar-refractivity contribution >= 4 is 30.4 Å². The molecule has 0 aromatic heterocycles. The minimum atomic E-state index is -3.86. The highest BCUT2D eigenvalue weighted by Crippen LogP contribution is 2.69. The van der Waals surface area contributed by atoms with E-state index in [1.165, 1.54) is 0 Å². The van der Waals surface area contributed by atoms with Crippen LogP contribution in [0.5, 0.6) is 0 Å². The first-order valence-electron chi connectivity index (χ1n) is 9.91. The Bertz CT molecular complexity index is 1160. The highest BCUT2D eigenvalue weighted by Gasteiger charge is 2.73. The average molecular weight is 495 g/mol.